The number of carbonyl (C=O) groups excluding carboxylic acids is 1. The standard InChI is InChI=1S/C17H25N3O2/c1-2-9-22-10-7-19-17(21)15-12-20-8-6-18-11-13-4-3-5-14(15)16(13)20/h4,12,18H,2-3,5-11H2,1H3,(H,19,21). The molecule has 0 atom stereocenters. The molecule has 0 fully saturated rings. The summed E-state index contributed by atoms with van der Waals surface area (Å²) >= 11 is 0. The normalized spacial score (nSPS) is 16.7. The predicted molar refractivity (Wildman–Crippen MR) is 87.0 cm³/mol. The maximum atomic E-state index is 12.5. The molecule has 1 aromatic rings. The molecule has 22 heavy (non-hydrogen) atoms. The summed E-state index contributed by atoms with van der Waals surface area (Å²) in [4.78, 5) is 12.5. The van der Waals surface area contributed by atoms with Gasteiger partial charge in [-0.3, -0.25) is 4.79 Å². The van der Waals surface area contributed by atoms with Crippen molar-refractivity contribution in [3.63, 3.8) is 0 Å². The van der Waals surface area contributed by atoms with E-state index < -0.39 is 0 Å². The number of allylic oxidation sites excluding steroid dienone is 1. The minimum atomic E-state index is 0.0323. The van der Waals surface area contributed by atoms with Crippen molar-refractivity contribution in [3.8, 4) is 0 Å². The fraction of sp³-hybridized carbons (Fsp3) is 0.588. The number of amides is 1. The van der Waals surface area contributed by atoms with Crippen molar-refractivity contribution in [2.75, 3.05) is 32.8 Å². The van der Waals surface area contributed by atoms with Gasteiger partial charge < -0.3 is 19.9 Å². The molecule has 3 rings (SSSR count). The Morgan fingerprint density at radius 3 is 3.23 bits per heavy atom. The summed E-state index contributed by atoms with van der Waals surface area (Å²) < 4.78 is 7.65. The second-order valence-corrected chi connectivity index (χ2v) is 5.88. The van der Waals surface area contributed by atoms with Crippen LogP contribution in [0.4, 0.5) is 0 Å². The largest absolute Gasteiger partial charge is 0.380 e. The van der Waals surface area contributed by atoms with Crippen LogP contribution in [0.3, 0.4) is 0 Å². The predicted octanol–water partition coefficient (Wildman–Crippen LogP) is 1.58. The number of nitrogens with zero attached hydrogens (tertiary/aromatic N) is 1. The van der Waals surface area contributed by atoms with E-state index in [1.165, 1.54) is 16.8 Å². The van der Waals surface area contributed by atoms with Crippen LogP contribution in [-0.4, -0.2) is 43.3 Å². The van der Waals surface area contributed by atoms with Gasteiger partial charge in [0.15, 0.2) is 0 Å². The lowest BCUT2D eigenvalue weighted by molar-refractivity contribution is 0.0914. The van der Waals surface area contributed by atoms with Gasteiger partial charge in [0.05, 0.1) is 12.2 Å². The molecule has 2 N–H and O–H groups in total. The fourth-order valence-corrected chi connectivity index (χ4v) is 3.25. The SMILES string of the molecule is CCCOCCNC(=O)c1cn2c3c1CCC=C3CNCC2. The highest BCUT2D eigenvalue weighted by Crippen LogP contribution is 2.31. The van der Waals surface area contributed by atoms with Gasteiger partial charge >= 0.3 is 0 Å². The Kier molecular flexibility index (Phi) is 4.95. The molecule has 5 nitrogen and oxygen atoms in total. The van der Waals surface area contributed by atoms with E-state index in [1.54, 1.807) is 0 Å². The zero-order valence-corrected chi connectivity index (χ0v) is 13.3. The minimum absolute atomic E-state index is 0.0323. The van der Waals surface area contributed by atoms with Crippen LogP contribution in [0.25, 0.3) is 5.57 Å². The van der Waals surface area contributed by atoms with E-state index in [0.29, 0.717) is 13.2 Å². The summed E-state index contributed by atoms with van der Waals surface area (Å²) in [6, 6.07) is 0. The molecule has 120 valence electrons. The molecule has 2 heterocycles. The molecule has 2 aliphatic rings. The van der Waals surface area contributed by atoms with Crippen molar-refractivity contribution in [1.82, 2.24) is 15.2 Å². The summed E-state index contributed by atoms with van der Waals surface area (Å²) in [7, 11) is 0. The summed E-state index contributed by atoms with van der Waals surface area (Å²) in [5.74, 6) is 0.0323. The van der Waals surface area contributed by atoms with E-state index in [4.69, 9.17) is 4.74 Å². The number of rotatable bonds is 6. The van der Waals surface area contributed by atoms with E-state index in [-0.39, 0.29) is 5.91 Å². The van der Waals surface area contributed by atoms with Crippen LogP contribution in [0.15, 0.2) is 12.3 Å². The number of hydrogen-bond acceptors (Lipinski definition) is 3. The van der Waals surface area contributed by atoms with E-state index in [1.807, 2.05) is 6.20 Å². The van der Waals surface area contributed by atoms with Crippen molar-refractivity contribution in [2.24, 2.45) is 0 Å². The lowest BCUT2D eigenvalue weighted by Gasteiger charge is -2.15. The molecule has 0 spiro atoms. The van der Waals surface area contributed by atoms with Crippen LogP contribution < -0.4 is 10.6 Å². The summed E-state index contributed by atoms with van der Waals surface area (Å²) in [6.45, 7) is 6.76. The van der Waals surface area contributed by atoms with Crippen LogP contribution in [0.1, 0.15) is 41.4 Å². The molecular weight excluding hydrogens is 278 g/mol. The number of carbonyl (C=O) groups is 1. The Bertz CT molecular complexity index is 575. The van der Waals surface area contributed by atoms with Crippen LogP contribution in [-0.2, 0) is 17.7 Å². The fourth-order valence-electron chi connectivity index (χ4n) is 3.25. The van der Waals surface area contributed by atoms with Crippen LogP contribution >= 0.6 is 0 Å². The highest BCUT2D eigenvalue weighted by Gasteiger charge is 2.25. The maximum Gasteiger partial charge on any atom is 0.253 e. The van der Waals surface area contributed by atoms with Crippen LogP contribution in [0, 0.1) is 0 Å². The van der Waals surface area contributed by atoms with Crippen molar-refractivity contribution in [3.05, 3.63) is 29.1 Å². The van der Waals surface area contributed by atoms with Gasteiger partial charge in [0.2, 0.25) is 0 Å². The van der Waals surface area contributed by atoms with Gasteiger partial charge in [0.1, 0.15) is 0 Å². The maximum absolute atomic E-state index is 12.5. The molecule has 1 aliphatic carbocycles. The Morgan fingerprint density at radius 1 is 1.45 bits per heavy atom. The summed E-state index contributed by atoms with van der Waals surface area (Å²) in [5, 5.41) is 6.42. The van der Waals surface area contributed by atoms with Gasteiger partial charge in [0, 0.05) is 44.7 Å². The molecule has 0 radical (unpaired) electrons. The first-order valence-corrected chi connectivity index (χ1v) is 8.29. The first-order chi connectivity index (χ1) is 10.8. The van der Waals surface area contributed by atoms with Gasteiger partial charge in [0.25, 0.3) is 5.91 Å². The minimum Gasteiger partial charge on any atom is -0.380 e. The third-order valence-electron chi connectivity index (χ3n) is 4.24. The quantitative estimate of drug-likeness (QED) is 0.785. The highest BCUT2D eigenvalue weighted by atomic mass is 16.5. The van der Waals surface area contributed by atoms with Crippen molar-refractivity contribution in [1.29, 1.82) is 0 Å². The molecule has 1 aromatic heterocycles. The number of ether oxygens (including phenoxy) is 1. The Morgan fingerprint density at radius 2 is 2.36 bits per heavy atom. The highest BCUT2D eigenvalue weighted by molar-refractivity contribution is 5.97. The average molecular weight is 303 g/mol. The van der Waals surface area contributed by atoms with E-state index in [0.717, 1.165) is 51.1 Å². The van der Waals surface area contributed by atoms with E-state index in [9.17, 15) is 4.79 Å². The first-order valence-electron chi connectivity index (χ1n) is 8.29. The molecule has 0 aromatic carbocycles. The third-order valence-corrected chi connectivity index (χ3v) is 4.24. The lowest BCUT2D eigenvalue weighted by Crippen LogP contribution is -2.28. The van der Waals surface area contributed by atoms with Crippen molar-refractivity contribution >= 4 is 11.5 Å². The van der Waals surface area contributed by atoms with Gasteiger partial charge in [-0.05, 0) is 30.4 Å². The second kappa shape index (κ2) is 7.11. The second-order valence-electron chi connectivity index (χ2n) is 5.88. The molecular formula is C17H25N3O2. The van der Waals surface area contributed by atoms with Gasteiger partial charge in [-0.2, -0.15) is 0 Å². The topological polar surface area (TPSA) is 55.3 Å². The summed E-state index contributed by atoms with van der Waals surface area (Å²) in [5.41, 5.74) is 4.67. The number of hydrogen-bond donors (Lipinski definition) is 2. The van der Waals surface area contributed by atoms with Gasteiger partial charge in [-0.25, -0.2) is 0 Å². The monoisotopic (exact) mass is 303 g/mol. The molecule has 0 bridgehead atoms. The smallest absolute Gasteiger partial charge is 0.253 e. The van der Waals surface area contributed by atoms with Crippen molar-refractivity contribution < 1.29 is 9.53 Å². The number of aromatic nitrogens is 1. The van der Waals surface area contributed by atoms with Crippen LogP contribution in [0.5, 0.6) is 0 Å². The Hall–Kier alpha value is -1.59. The van der Waals surface area contributed by atoms with Crippen LogP contribution in [0.2, 0.25) is 0 Å². The molecule has 1 aliphatic heterocycles. The Balaban J connectivity index is 1.71. The summed E-state index contributed by atoms with van der Waals surface area (Å²) in [6.07, 6.45) is 7.32. The van der Waals surface area contributed by atoms with Gasteiger partial charge in [-0.15, -0.1) is 0 Å². The average Bonchev–Trinajstić information content (AvgIpc) is 2.77. The van der Waals surface area contributed by atoms with E-state index in [2.05, 4.69) is 28.2 Å². The first kappa shape index (κ1) is 15.3. The molecule has 0 saturated heterocycles. The molecule has 5 heteroatoms. The number of nitrogens with one attached hydrogen (secondary N) is 2. The van der Waals surface area contributed by atoms with Crippen molar-refractivity contribution in [2.45, 2.75) is 32.7 Å². The third kappa shape index (κ3) is 3.10. The Labute approximate surface area is 131 Å². The zero-order chi connectivity index (χ0) is 15.4. The molecule has 0 saturated carbocycles. The zero-order valence-electron chi connectivity index (χ0n) is 13.3. The molecule has 0 unspecified atom stereocenters. The lowest BCUT2D eigenvalue weighted by atomic mass is 9.94. The van der Waals surface area contributed by atoms with E-state index >= 15 is 0 Å². The molecule has 1 amide bonds. The van der Waals surface area contributed by atoms with Gasteiger partial charge in [-0.1, -0.05) is 13.0 Å².